The highest BCUT2D eigenvalue weighted by atomic mass is 32.1. The maximum atomic E-state index is 12.3. The van der Waals surface area contributed by atoms with Crippen LogP contribution in [-0.2, 0) is 24.4 Å². The Morgan fingerprint density at radius 2 is 1.97 bits per heavy atom. The van der Waals surface area contributed by atoms with Gasteiger partial charge >= 0.3 is 0 Å². The van der Waals surface area contributed by atoms with Crippen LogP contribution in [0.15, 0.2) is 69.9 Å². The number of nitrogens with one attached hydrogen (secondary N) is 1. The van der Waals surface area contributed by atoms with Gasteiger partial charge in [0.15, 0.2) is 11.5 Å². The van der Waals surface area contributed by atoms with Crippen molar-refractivity contribution in [1.82, 2.24) is 15.5 Å². The normalized spacial score (nSPS) is 10.7. The van der Waals surface area contributed by atoms with Crippen molar-refractivity contribution < 1.29 is 18.8 Å². The molecule has 0 radical (unpaired) electrons. The molecule has 7 nitrogen and oxygen atoms in total. The summed E-state index contributed by atoms with van der Waals surface area (Å²) in [4.78, 5) is 16.6. The molecule has 0 saturated heterocycles. The molecule has 0 aliphatic carbocycles. The molecule has 0 atom stereocenters. The molecule has 2 aromatic carbocycles. The van der Waals surface area contributed by atoms with Crippen molar-refractivity contribution in [2.24, 2.45) is 0 Å². The zero-order chi connectivity index (χ0) is 22.2. The van der Waals surface area contributed by atoms with E-state index >= 15 is 0 Å². The second kappa shape index (κ2) is 10.6. The third kappa shape index (κ3) is 5.73. The van der Waals surface area contributed by atoms with Crippen molar-refractivity contribution in [3.8, 4) is 22.9 Å². The molecule has 0 spiro atoms. The summed E-state index contributed by atoms with van der Waals surface area (Å²) in [5.41, 5.74) is 2.91. The number of carbonyl (C=O) groups is 1. The number of hydrogen-bond acceptors (Lipinski definition) is 7. The van der Waals surface area contributed by atoms with Crippen molar-refractivity contribution >= 4 is 17.2 Å². The van der Waals surface area contributed by atoms with Gasteiger partial charge in [0.2, 0.25) is 17.6 Å². The maximum Gasteiger partial charge on any atom is 0.227 e. The Labute approximate surface area is 190 Å². The quantitative estimate of drug-likeness (QED) is 0.380. The van der Waals surface area contributed by atoms with Crippen molar-refractivity contribution in [3.05, 3.63) is 82.4 Å². The Morgan fingerprint density at radius 3 is 2.75 bits per heavy atom. The van der Waals surface area contributed by atoms with E-state index in [2.05, 4.69) is 15.5 Å². The molecular weight excluding hydrogens is 426 g/mol. The van der Waals surface area contributed by atoms with Crippen LogP contribution in [0.5, 0.6) is 11.5 Å². The molecule has 0 unspecified atom stereocenters. The van der Waals surface area contributed by atoms with Gasteiger partial charge in [-0.05, 0) is 34.7 Å². The lowest BCUT2D eigenvalue weighted by Crippen LogP contribution is -2.23. The third-order valence-corrected chi connectivity index (χ3v) is 5.45. The van der Waals surface area contributed by atoms with Crippen molar-refractivity contribution in [2.75, 3.05) is 7.11 Å². The largest absolute Gasteiger partial charge is 0.493 e. The Kier molecular flexibility index (Phi) is 7.14. The van der Waals surface area contributed by atoms with Crippen LogP contribution < -0.4 is 14.8 Å². The second-order valence-electron chi connectivity index (χ2n) is 7.06. The number of thiophene rings is 1. The maximum absolute atomic E-state index is 12.3. The summed E-state index contributed by atoms with van der Waals surface area (Å²) in [5.74, 6) is 2.18. The van der Waals surface area contributed by atoms with E-state index in [-0.39, 0.29) is 12.3 Å². The minimum atomic E-state index is -0.0938. The van der Waals surface area contributed by atoms with Crippen molar-refractivity contribution in [2.45, 2.75) is 26.0 Å². The van der Waals surface area contributed by atoms with Crippen LogP contribution in [-0.4, -0.2) is 23.2 Å². The molecular formula is C24H23N3O4S. The highest BCUT2D eigenvalue weighted by Crippen LogP contribution is 2.29. The van der Waals surface area contributed by atoms with Gasteiger partial charge in [0.1, 0.15) is 6.61 Å². The fourth-order valence-electron chi connectivity index (χ4n) is 3.05. The number of aryl methyl sites for hydroxylation is 1. The summed E-state index contributed by atoms with van der Waals surface area (Å²) >= 11 is 1.57. The van der Waals surface area contributed by atoms with Gasteiger partial charge < -0.3 is 19.3 Å². The number of rotatable bonds is 10. The van der Waals surface area contributed by atoms with E-state index in [0.29, 0.717) is 42.8 Å². The van der Waals surface area contributed by atoms with Crippen LogP contribution in [0.1, 0.15) is 23.4 Å². The summed E-state index contributed by atoms with van der Waals surface area (Å²) in [5, 5.41) is 10.8. The number of amides is 1. The van der Waals surface area contributed by atoms with Gasteiger partial charge in [-0.1, -0.05) is 41.6 Å². The van der Waals surface area contributed by atoms with Crippen LogP contribution >= 0.6 is 11.3 Å². The van der Waals surface area contributed by atoms with Crippen molar-refractivity contribution in [1.29, 1.82) is 0 Å². The molecule has 0 fully saturated rings. The highest BCUT2D eigenvalue weighted by molar-refractivity contribution is 7.08. The number of carbonyl (C=O) groups excluding carboxylic acids is 1. The van der Waals surface area contributed by atoms with E-state index in [1.165, 1.54) is 0 Å². The molecule has 0 bridgehead atoms. The van der Waals surface area contributed by atoms with Crippen LogP contribution in [0.2, 0.25) is 0 Å². The Hall–Kier alpha value is -3.65. The van der Waals surface area contributed by atoms with Gasteiger partial charge in [-0.25, -0.2) is 0 Å². The first kappa shape index (κ1) is 21.6. The SMILES string of the molecule is COc1cc(CNC(=O)CCc2nc(-c3ccsc3)no2)ccc1OCc1ccccc1. The molecule has 1 amide bonds. The van der Waals surface area contributed by atoms with Gasteiger partial charge in [-0.15, -0.1) is 0 Å². The Morgan fingerprint density at radius 1 is 1.09 bits per heavy atom. The van der Waals surface area contributed by atoms with E-state index in [1.54, 1.807) is 18.4 Å². The molecule has 32 heavy (non-hydrogen) atoms. The van der Waals surface area contributed by atoms with Gasteiger partial charge in [-0.2, -0.15) is 16.3 Å². The van der Waals surface area contributed by atoms with E-state index in [4.69, 9.17) is 14.0 Å². The summed E-state index contributed by atoms with van der Waals surface area (Å²) in [6.45, 7) is 0.842. The van der Waals surface area contributed by atoms with Crippen LogP contribution in [0, 0.1) is 0 Å². The molecule has 1 N–H and O–H groups in total. The van der Waals surface area contributed by atoms with Crippen LogP contribution in [0.25, 0.3) is 11.4 Å². The average molecular weight is 450 g/mol. The summed E-state index contributed by atoms with van der Waals surface area (Å²) in [7, 11) is 1.60. The highest BCUT2D eigenvalue weighted by Gasteiger charge is 2.12. The molecule has 8 heteroatoms. The summed E-state index contributed by atoms with van der Waals surface area (Å²) in [6, 6.07) is 17.5. The summed E-state index contributed by atoms with van der Waals surface area (Å²) < 4.78 is 16.6. The number of methoxy groups -OCH3 is 1. The molecule has 4 rings (SSSR count). The van der Waals surface area contributed by atoms with E-state index < -0.39 is 0 Å². The molecule has 0 saturated carbocycles. The lowest BCUT2D eigenvalue weighted by Gasteiger charge is -2.13. The zero-order valence-electron chi connectivity index (χ0n) is 17.6. The predicted octanol–water partition coefficient (Wildman–Crippen LogP) is 4.63. The van der Waals surface area contributed by atoms with Crippen molar-refractivity contribution in [3.63, 3.8) is 0 Å². The fourth-order valence-corrected chi connectivity index (χ4v) is 3.69. The van der Waals surface area contributed by atoms with Gasteiger partial charge in [0, 0.05) is 30.3 Å². The van der Waals surface area contributed by atoms with E-state index in [9.17, 15) is 4.79 Å². The third-order valence-electron chi connectivity index (χ3n) is 4.77. The number of hydrogen-bond donors (Lipinski definition) is 1. The molecule has 164 valence electrons. The van der Waals surface area contributed by atoms with Gasteiger partial charge in [0.05, 0.1) is 7.11 Å². The number of benzene rings is 2. The topological polar surface area (TPSA) is 86.5 Å². The monoisotopic (exact) mass is 449 g/mol. The fraction of sp³-hybridized carbons (Fsp3) is 0.208. The van der Waals surface area contributed by atoms with Gasteiger partial charge in [0.25, 0.3) is 0 Å². The molecule has 0 aliphatic rings. The number of ether oxygens (including phenoxy) is 2. The minimum Gasteiger partial charge on any atom is -0.493 e. The Bertz CT molecular complexity index is 1140. The van der Waals surface area contributed by atoms with Crippen LogP contribution in [0.4, 0.5) is 0 Å². The molecule has 2 heterocycles. The lowest BCUT2D eigenvalue weighted by molar-refractivity contribution is -0.121. The van der Waals surface area contributed by atoms with E-state index in [1.807, 2.05) is 65.4 Å². The molecule has 0 aliphatic heterocycles. The first-order chi connectivity index (χ1) is 15.7. The molecule has 4 aromatic rings. The number of aromatic nitrogens is 2. The smallest absolute Gasteiger partial charge is 0.227 e. The first-order valence-corrected chi connectivity index (χ1v) is 11.1. The van der Waals surface area contributed by atoms with E-state index in [0.717, 1.165) is 16.7 Å². The van der Waals surface area contributed by atoms with Crippen LogP contribution in [0.3, 0.4) is 0 Å². The molecule has 2 aromatic heterocycles. The zero-order valence-corrected chi connectivity index (χ0v) is 18.4. The average Bonchev–Trinajstić information content (AvgIpc) is 3.53. The first-order valence-electron chi connectivity index (χ1n) is 10.2. The minimum absolute atomic E-state index is 0.0938. The lowest BCUT2D eigenvalue weighted by atomic mass is 10.2. The summed E-state index contributed by atoms with van der Waals surface area (Å²) in [6.07, 6.45) is 0.652. The standard InChI is InChI=1S/C24H23N3O4S/c1-29-21-13-18(7-8-20(21)30-15-17-5-3-2-4-6-17)14-25-22(28)9-10-23-26-24(27-31-23)19-11-12-32-16-19/h2-8,11-13,16H,9-10,14-15H2,1H3,(H,25,28). The van der Waals surface area contributed by atoms with Gasteiger partial charge in [-0.3, -0.25) is 4.79 Å². The predicted molar refractivity (Wildman–Crippen MR) is 122 cm³/mol. The second-order valence-corrected chi connectivity index (χ2v) is 7.84. The Balaban J connectivity index is 1.26. The number of nitrogens with zero attached hydrogens (tertiary/aromatic N) is 2.